The number of carbonyl (C=O) groups excluding carboxylic acids is 4. The van der Waals surface area contributed by atoms with Crippen LogP contribution >= 0.6 is 11.3 Å². The van der Waals surface area contributed by atoms with Crippen molar-refractivity contribution < 1.29 is 23.6 Å². The molecular weight excluding hydrogens is 774 g/mol. The van der Waals surface area contributed by atoms with Crippen LogP contribution in [0.15, 0.2) is 151 Å². The fourth-order valence-electron chi connectivity index (χ4n) is 7.06. The van der Waals surface area contributed by atoms with Crippen molar-refractivity contribution in [2.24, 2.45) is 0 Å². The highest BCUT2D eigenvalue weighted by Crippen LogP contribution is 2.27. The standard InChI is InChI=1S/C24H20FN3O2.C14H15NOS.C11H13NO/c25-19-10-5-4-9-17(19)23(29)28-22(15-16-7-2-1-3-8-16)24(30)27-21-12-6-11-20-18(21)13-14-26-20;1-11(10-12-6-3-2-4-7-12)15-14(16)13-8-5-9-17-13;13-8-12-11-7-3-5-9-4-1-2-6-10(9)11/h1-14,22,26H,15H2,(H,27,30)(H,28,29);2-9,11H,10H2,1H3,(H,15,16);3,5,7-8H,1-2,4,6H2,(H,12,13). The molecule has 7 aromatic rings. The number of carbonyl (C=O) groups is 4. The maximum absolute atomic E-state index is 14.0. The molecule has 9 nitrogen and oxygen atoms in total. The molecule has 8 rings (SSSR count). The van der Waals surface area contributed by atoms with E-state index in [0.717, 1.165) is 52.7 Å². The number of aromatic nitrogens is 1. The molecular formula is C49H48FN5O4S. The average Bonchev–Trinajstić information content (AvgIpc) is 4.00. The van der Waals surface area contributed by atoms with E-state index in [-0.39, 0.29) is 29.8 Å². The van der Waals surface area contributed by atoms with Gasteiger partial charge in [0.2, 0.25) is 12.3 Å². The summed E-state index contributed by atoms with van der Waals surface area (Å²) in [5.41, 5.74) is 7.28. The molecule has 1 aliphatic carbocycles. The Morgan fingerprint density at radius 2 is 1.40 bits per heavy atom. The first-order valence-corrected chi connectivity index (χ1v) is 20.8. The van der Waals surface area contributed by atoms with Crippen molar-refractivity contribution in [2.45, 2.75) is 57.5 Å². The molecule has 60 heavy (non-hydrogen) atoms. The van der Waals surface area contributed by atoms with Gasteiger partial charge in [0.05, 0.1) is 16.1 Å². The maximum atomic E-state index is 14.0. The number of anilines is 2. The van der Waals surface area contributed by atoms with Crippen LogP contribution in [0.2, 0.25) is 0 Å². The van der Waals surface area contributed by atoms with Crippen LogP contribution in [0.1, 0.15) is 62.0 Å². The number of halogens is 1. The number of thiophene rings is 1. The molecule has 2 atom stereocenters. The molecule has 0 spiro atoms. The molecule has 2 aromatic heterocycles. The first kappa shape index (κ1) is 42.7. The van der Waals surface area contributed by atoms with E-state index in [1.807, 2.05) is 103 Å². The molecule has 4 amide bonds. The number of nitrogens with one attached hydrogen (secondary N) is 5. The highest BCUT2D eigenvalue weighted by Gasteiger charge is 2.24. The fraction of sp³-hybridized carbons (Fsp3) is 0.184. The van der Waals surface area contributed by atoms with Crippen molar-refractivity contribution in [1.29, 1.82) is 0 Å². The molecule has 2 unspecified atom stereocenters. The number of benzene rings is 5. The lowest BCUT2D eigenvalue weighted by atomic mass is 9.90. The predicted molar refractivity (Wildman–Crippen MR) is 239 cm³/mol. The molecule has 306 valence electrons. The van der Waals surface area contributed by atoms with Gasteiger partial charge in [-0.3, -0.25) is 19.2 Å². The minimum Gasteiger partial charge on any atom is -0.361 e. The van der Waals surface area contributed by atoms with E-state index in [1.165, 1.54) is 59.1 Å². The molecule has 0 saturated heterocycles. The molecule has 0 fully saturated rings. The summed E-state index contributed by atoms with van der Waals surface area (Å²) in [6, 6.07) is 41.8. The number of amides is 4. The Hall–Kier alpha value is -6.85. The Kier molecular flexibility index (Phi) is 15.5. The van der Waals surface area contributed by atoms with Gasteiger partial charge in [-0.2, -0.15) is 0 Å². The first-order valence-electron chi connectivity index (χ1n) is 19.9. The van der Waals surface area contributed by atoms with E-state index < -0.39 is 17.8 Å². The van der Waals surface area contributed by atoms with Crippen LogP contribution < -0.4 is 21.3 Å². The zero-order valence-corrected chi connectivity index (χ0v) is 34.1. The Bertz CT molecular complexity index is 2470. The number of aromatic amines is 1. The molecule has 0 aliphatic heterocycles. The number of hydrogen-bond donors (Lipinski definition) is 5. The molecule has 5 aromatic carbocycles. The van der Waals surface area contributed by atoms with E-state index in [4.69, 9.17) is 0 Å². The summed E-state index contributed by atoms with van der Waals surface area (Å²) in [4.78, 5) is 51.8. The van der Waals surface area contributed by atoms with Crippen LogP contribution in [0, 0.1) is 5.82 Å². The number of hydrogen-bond acceptors (Lipinski definition) is 5. The SMILES string of the molecule is CC(Cc1ccccc1)NC(=O)c1cccs1.O=C(NC(Cc1ccccc1)C(=O)Nc1cccc2[nH]ccc12)c1ccccc1F.O=CNc1cccc2c1CCCC2. The van der Waals surface area contributed by atoms with Gasteiger partial charge >= 0.3 is 0 Å². The fourth-order valence-corrected chi connectivity index (χ4v) is 7.68. The van der Waals surface area contributed by atoms with Crippen molar-refractivity contribution in [2.75, 3.05) is 10.6 Å². The van der Waals surface area contributed by atoms with Gasteiger partial charge in [0.1, 0.15) is 11.9 Å². The monoisotopic (exact) mass is 821 g/mol. The third-order valence-corrected chi connectivity index (χ3v) is 10.9. The summed E-state index contributed by atoms with van der Waals surface area (Å²) in [5.74, 6) is -1.63. The second-order valence-corrected chi connectivity index (χ2v) is 15.3. The van der Waals surface area contributed by atoms with Gasteiger partial charge in [-0.1, -0.05) is 97.1 Å². The minimum atomic E-state index is -0.881. The molecule has 0 bridgehead atoms. The lowest BCUT2D eigenvalue weighted by molar-refractivity contribution is -0.118. The smallest absolute Gasteiger partial charge is 0.261 e. The third kappa shape index (κ3) is 12.1. The number of rotatable bonds is 12. The van der Waals surface area contributed by atoms with Crippen molar-refractivity contribution in [3.05, 3.63) is 190 Å². The third-order valence-electron chi connectivity index (χ3n) is 9.99. The van der Waals surface area contributed by atoms with E-state index in [2.05, 4.69) is 44.5 Å². The lowest BCUT2D eigenvalue weighted by Gasteiger charge is -2.19. The lowest BCUT2D eigenvalue weighted by Crippen LogP contribution is -2.45. The van der Waals surface area contributed by atoms with Gasteiger partial charge in [-0.15, -0.1) is 11.3 Å². The van der Waals surface area contributed by atoms with Crippen molar-refractivity contribution in [3.63, 3.8) is 0 Å². The molecule has 11 heteroatoms. The van der Waals surface area contributed by atoms with E-state index in [1.54, 1.807) is 18.3 Å². The van der Waals surface area contributed by atoms with E-state index in [9.17, 15) is 23.6 Å². The van der Waals surface area contributed by atoms with Crippen LogP contribution in [-0.4, -0.2) is 41.2 Å². The molecule has 2 heterocycles. The van der Waals surface area contributed by atoms with Gasteiger partial charge in [0, 0.05) is 35.2 Å². The van der Waals surface area contributed by atoms with Crippen molar-refractivity contribution in [1.82, 2.24) is 15.6 Å². The van der Waals surface area contributed by atoms with Gasteiger partial charge < -0.3 is 26.3 Å². The normalized spacial score (nSPS) is 12.5. The van der Waals surface area contributed by atoms with Crippen molar-refractivity contribution in [3.8, 4) is 0 Å². The molecule has 5 N–H and O–H groups in total. The predicted octanol–water partition coefficient (Wildman–Crippen LogP) is 9.53. The van der Waals surface area contributed by atoms with Crippen LogP contribution in [0.5, 0.6) is 0 Å². The summed E-state index contributed by atoms with van der Waals surface area (Å²) in [7, 11) is 0. The summed E-state index contributed by atoms with van der Waals surface area (Å²) in [6.45, 7) is 2.03. The largest absolute Gasteiger partial charge is 0.361 e. The Morgan fingerprint density at radius 1 is 0.717 bits per heavy atom. The van der Waals surface area contributed by atoms with E-state index >= 15 is 0 Å². The summed E-state index contributed by atoms with van der Waals surface area (Å²) in [5, 5.41) is 14.1. The average molecular weight is 822 g/mol. The van der Waals surface area contributed by atoms with Crippen LogP contribution in [0.25, 0.3) is 10.9 Å². The molecule has 0 radical (unpaired) electrons. The highest BCUT2D eigenvalue weighted by atomic mass is 32.1. The Labute approximate surface area is 353 Å². The first-order chi connectivity index (χ1) is 29.3. The summed E-state index contributed by atoms with van der Waals surface area (Å²) >= 11 is 1.47. The molecule has 0 saturated carbocycles. The van der Waals surface area contributed by atoms with Crippen molar-refractivity contribution >= 4 is 57.7 Å². The second-order valence-electron chi connectivity index (χ2n) is 14.4. The minimum absolute atomic E-state index is 0.0171. The van der Waals surface area contributed by atoms with Gasteiger partial charge in [0.15, 0.2) is 0 Å². The highest BCUT2D eigenvalue weighted by molar-refractivity contribution is 7.12. The maximum Gasteiger partial charge on any atom is 0.261 e. The van der Waals surface area contributed by atoms with Gasteiger partial charge in [-0.25, -0.2) is 4.39 Å². The second kappa shape index (κ2) is 21.8. The number of H-pyrrole nitrogens is 1. The Morgan fingerprint density at radius 3 is 2.12 bits per heavy atom. The van der Waals surface area contributed by atoms with E-state index in [0.29, 0.717) is 5.69 Å². The van der Waals surface area contributed by atoms with Crippen LogP contribution in [-0.2, 0) is 35.3 Å². The topological polar surface area (TPSA) is 132 Å². The van der Waals surface area contributed by atoms with Crippen LogP contribution in [0.4, 0.5) is 15.8 Å². The van der Waals surface area contributed by atoms with Gasteiger partial charge in [0.25, 0.3) is 11.8 Å². The Balaban J connectivity index is 0.000000169. The summed E-state index contributed by atoms with van der Waals surface area (Å²) < 4.78 is 14.0. The number of aryl methyl sites for hydroxylation is 1. The number of fused-ring (bicyclic) bond motifs is 2. The quantitative estimate of drug-likeness (QED) is 0.0786. The van der Waals surface area contributed by atoms with Gasteiger partial charge in [-0.05, 0) is 109 Å². The van der Waals surface area contributed by atoms with Crippen LogP contribution in [0.3, 0.4) is 0 Å². The zero-order chi connectivity index (χ0) is 42.1. The zero-order valence-electron chi connectivity index (χ0n) is 33.3. The molecule has 1 aliphatic rings. The summed E-state index contributed by atoms with van der Waals surface area (Å²) in [6.07, 6.45) is 8.46.